The molecule has 3 aromatic heterocycles. The highest BCUT2D eigenvalue weighted by Crippen LogP contribution is 2.28. The highest BCUT2D eigenvalue weighted by atomic mass is 16.2. The predicted octanol–water partition coefficient (Wildman–Crippen LogP) is 1.53. The molecule has 0 aliphatic carbocycles. The van der Waals surface area contributed by atoms with Crippen molar-refractivity contribution in [3.8, 4) is 0 Å². The lowest BCUT2D eigenvalue weighted by atomic mass is 9.92. The number of hydrogen-bond donors (Lipinski definition) is 1. The number of H-pyrrole nitrogens is 1. The van der Waals surface area contributed by atoms with Crippen molar-refractivity contribution in [2.75, 3.05) is 25.0 Å². The van der Waals surface area contributed by atoms with E-state index in [2.05, 4.69) is 38.9 Å². The first-order valence-electron chi connectivity index (χ1n) is 8.89. The zero-order chi connectivity index (χ0) is 18.1. The van der Waals surface area contributed by atoms with Gasteiger partial charge in [0.15, 0.2) is 0 Å². The Morgan fingerprint density at radius 2 is 2.31 bits per heavy atom. The molecule has 0 aromatic carbocycles. The third-order valence-electron chi connectivity index (χ3n) is 5.29. The smallest absolute Gasteiger partial charge is 0.244 e. The first kappa shape index (κ1) is 16.6. The monoisotopic (exact) mass is 353 g/mol. The highest BCUT2D eigenvalue weighted by Gasteiger charge is 2.32. The van der Waals surface area contributed by atoms with Crippen LogP contribution in [-0.2, 0) is 11.3 Å². The van der Waals surface area contributed by atoms with E-state index in [9.17, 15) is 4.79 Å². The molecule has 26 heavy (non-hydrogen) atoms. The molecule has 1 N–H and O–H groups in total. The van der Waals surface area contributed by atoms with Crippen LogP contribution in [0.25, 0.3) is 11.0 Å². The van der Waals surface area contributed by atoms with Gasteiger partial charge in [-0.25, -0.2) is 9.97 Å². The fourth-order valence-electron chi connectivity index (χ4n) is 3.71. The maximum Gasteiger partial charge on any atom is 0.244 e. The van der Waals surface area contributed by atoms with Gasteiger partial charge < -0.3 is 14.8 Å². The first-order valence-corrected chi connectivity index (χ1v) is 8.89. The molecule has 1 saturated heterocycles. The second-order valence-electron chi connectivity index (χ2n) is 6.92. The Kier molecular flexibility index (Phi) is 4.32. The Bertz CT molecular complexity index is 888. The Hall–Kier alpha value is -2.90. The van der Waals surface area contributed by atoms with E-state index in [4.69, 9.17) is 0 Å². The second kappa shape index (κ2) is 6.78. The number of nitrogens with zero attached hydrogens (tertiary/aromatic N) is 6. The van der Waals surface area contributed by atoms with Crippen LogP contribution in [0.3, 0.4) is 0 Å². The molecular weight excluding hydrogens is 330 g/mol. The van der Waals surface area contributed by atoms with Crippen LogP contribution in [0, 0.1) is 5.92 Å². The van der Waals surface area contributed by atoms with Gasteiger partial charge in [-0.2, -0.15) is 5.10 Å². The van der Waals surface area contributed by atoms with Crippen molar-refractivity contribution in [2.45, 2.75) is 25.9 Å². The maximum atomic E-state index is 12.7. The summed E-state index contributed by atoms with van der Waals surface area (Å²) in [7, 11) is 2.05. The number of likely N-dealkylation sites (N-methyl/N-ethyl adjacent to an activating group) is 1. The van der Waals surface area contributed by atoms with Gasteiger partial charge in [-0.1, -0.05) is 6.92 Å². The van der Waals surface area contributed by atoms with E-state index in [1.165, 1.54) is 0 Å². The molecule has 1 aliphatic heterocycles. The number of amides is 1. The lowest BCUT2D eigenvalue weighted by Crippen LogP contribution is -2.53. The van der Waals surface area contributed by atoms with Crippen LogP contribution >= 0.6 is 0 Å². The summed E-state index contributed by atoms with van der Waals surface area (Å²) in [5.41, 5.74) is 0.830. The Labute approximate surface area is 151 Å². The van der Waals surface area contributed by atoms with Gasteiger partial charge in [0.25, 0.3) is 0 Å². The Balaban J connectivity index is 1.53. The van der Waals surface area contributed by atoms with E-state index in [-0.39, 0.29) is 18.5 Å². The third kappa shape index (κ3) is 3.02. The van der Waals surface area contributed by atoms with E-state index < -0.39 is 0 Å². The number of likely N-dealkylation sites (tertiary alicyclic amines) is 1. The summed E-state index contributed by atoms with van der Waals surface area (Å²) in [6.07, 6.45) is 7.94. The van der Waals surface area contributed by atoms with Gasteiger partial charge in [-0.15, -0.1) is 0 Å². The van der Waals surface area contributed by atoms with Crippen LogP contribution in [0.5, 0.6) is 0 Å². The standard InChI is InChI=1S/C18H23N7O/c1-13-5-9-24(16(26)11-25-8-3-6-22-25)10-15(13)23(2)18-14-4-7-19-17(14)20-12-21-18/h3-4,6-8,12-13,15H,5,9-11H2,1-2H3,(H,19,20,21). The summed E-state index contributed by atoms with van der Waals surface area (Å²) < 4.78 is 1.67. The van der Waals surface area contributed by atoms with Crippen LogP contribution in [-0.4, -0.2) is 61.7 Å². The molecule has 4 heterocycles. The summed E-state index contributed by atoms with van der Waals surface area (Å²) in [5.74, 6) is 1.47. The average molecular weight is 353 g/mol. The highest BCUT2D eigenvalue weighted by molar-refractivity contribution is 5.87. The minimum atomic E-state index is 0.105. The number of hydrogen-bond acceptors (Lipinski definition) is 5. The molecule has 1 aliphatic rings. The number of anilines is 1. The Morgan fingerprint density at radius 3 is 3.12 bits per heavy atom. The number of aromatic amines is 1. The SMILES string of the molecule is CC1CCN(C(=O)Cn2cccn2)CC1N(C)c1ncnc2[nH]ccc12. The van der Waals surface area contributed by atoms with Crippen molar-refractivity contribution in [3.05, 3.63) is 37.1 Å². The molecule has 0 radical (unpaired) electrons. The van der Waals surface area contributed by atoms with Crippen molar-refractivity contribution in [3.63, 3.8) is 0 Å². The van der Waals surface area contributed by atoms with E-state index >= 15 is 0 Å². The summed E-state index contributed by atoms with van der Waals surface area (Å²) >= 11 is 0. The molecule has 0 saturated carbocycles. The molecule has 0 spiro atoms. The van der Waals surface area contributed by atoms with Crippen molar-refractivity contribution in [2.24, 2.45) is 5.92 Å². The van der Waals surface area contributed by atoms with E-state index in [1.54, 1.807) is 17.2 Å². The van der Waals surface area contributed by atoms with Crippen LogP contribution < -0.4 is 4.90 Å². The van der Waals surface area contributed by atoms with Gasteiger partial charge in [-0.05, 0) is 24.5 Å². The van der Waals surface area contributed by atoms with Gasteiger partial charge >= 0.3 is 0 Å². The molecule has 136 valence electrons. The number of carbonyl (C=O) groups excluding carboxylic acids is 1. The fraction of sp³-hybridized carbons (Fsp3) is 0.444. The van der Waals surface area contributed by atoms with Crippen molar-refractivity contribution in [1.29, 1.82) is 0 Å². The number of rotatable bonds is 4. The lowest BCUT2D eigenvalue weighted by Gasteiger charge is -2.42. The quantitative estimate of drug-likeness (QED) is 0.769. The number of fused-ring (bicyclic) bond motifs is 1. The van der Waals surface area contributed by atoms with E-state index in [1.807, 2.05) is 29.4 Å². The zero-order valence-corrected chi connectivity index (χ0v) is 15.0. The minimum absolute atomic E-state index is 0.105. The lowest BCUT2D eigenvalue weighted by molar-refractivity contribution is -0.133. The molecule has 3 aromatic rings. The van der Waals surface area contributed by atoms with Crippen LogP contribution in [0.1, 0.15) is 13.3 Å². The van der Waals surface area contributed by atoms with E-state index in [0.717, 1.165) is 29.8 Å². The number of carbonyl (C=O) groups is 1. The molecule has 4 rings (SSSR count). The first-order chi connectivity index (χ1) is 12.6. The second-order valence-corrected chi connectivity index (χ2v) is 6.92. The fourth-order valence-corrected chi connectivity index (χ4v) is 3.71. The van der Waals surface area contributed by atoms with Crippen LogP contribution in [0.2, 0.25) is 0 Å². The topological polar surface area (TPSA) is 82.9 Å². The molecule has 8 heteroatoms. The van der Waals surface area contributed by atoms with E-state index in [0.29, 0.717) is 12.5 Å². The van der Waals surface area contributed by atoms with Gasteiger partial charge in [0, 0.05) is 38.7 Å². The number of aromatic nitrogens is 5. The molecule has 8 nitrogen and oxygen atoms in total. The maximum absolute atomic E-state index is 12.7. The molecule has 1 fully saturated rings. The zero-order valence-electron chi connectivity index (χ0n) is 15.0. The summed E-state index contributed by atoms with van der Waals surface area (Å²) in [5, 5.41) is 5.14. The molecule has 2 atom stereocenters. The van der Waals surface area contributed by atoms with Gasteiger partial charge in [0.2, 0.25) is 5.91 Å². The van der Waals surface area contributed by atoms with Crippen LogP contribution in [0.15, 0.2) is 37.1 Å². The average Bonchev–Trinajstić information content (AvgIpc) is 3.32. The Morgan fingerprint density at radius 1 is 1.42 bits per heavy atom. The largest absolute Gasteiger partial charge is 0.354 e. The summed E-state index contributed by atoms with van der Waals surface area (Å²) in [6, 6.07) is 4.03. The molecule has 2 unspecified atom stereocenters. The van der Waals surface area contributed by atoms with Gasteiger partial charge in [0.1, 0.15) is 24.3 Å². The predicted molar refractivity (Wildman–Crippen MR) is 98.7 cm³/mol. The normalized spacial score (nSPS) is 20.5. The molecule has 1 amide bonds. The number of nitrogens with one attached hydrogen (secondary N) is 1. The van der Waals surface area contributed by atoms with Crippen molar-refractivity contribution >= 4 is 22.8 Å². The van der Waals surface area contributed by atoms with Gasteiger partial charge in [0.05, 0.1) is 11.4 Å². The van der Waals surface area contributed by atoms with Crippen LogP contribution in [0.4, 0.5) is 5.82 Å². The summed E-state index contributed by atoms with van der Waals surface area (Å²) in [4.78, 5) is 28.7. The van der Waals surface area contributed by atoms with Crippen molar-refractivity contribution < 1.29 is 4.79 Å². The molecular formula is C18H23N7O. The third-order valence-corrected chi connectivity index (χ3v) is 5.29. The molecule has 0 bridgehead atoms. The van der Waals surface area contributed by atoms with Crippen molar-refractivity contribution in [1.82, 2.24) is 29.6 Å². The van der Waals surface area contributed by atoms with Gasteiger partial charge in [-0.3, -0.25) is 9.48 Å². The summed E-state index contributed by atoms with van der Waals surface area (Å²) in [6.45, 7) is 4.00. The minimum Gasteiger partial charge on any atom is -0.354 e. The number of piperidine rings is 1.